The Morgan fingerprint density at radius 1 is 1.18 bits per heavy atom. The molecule has 4 rings (SSSR count). The van der Waals surface area contributed by atoms with Gasteiger partial charge in [0.1, 0.15) is 5.82 Å². The van der Waals surface area contributed by atoms with Crippen LogP contribution in [0.5, 0.6) is 0 Å². The van der Waals surface area contributed by atoms with Crippen molar-refractivity contribution < 1.29 is 13.7 Å². The molecule has 2 aromatic carbocycles. The molecule has 2 heterocycles. The van der Waals surface area contributed by atoms with Crippen LogP contribution >= 0.6 is 23.4 Å². The molecular weight excluding hydrogens is 475 g/mol. The van der Waals surface area contributed by atoms with Gasteiger partial charge in [-0.25, -0.2) is 4.39 Å². The Hall–Kier alpha value is -2.42. The van der Waals surface area contributed by atoms with Crippen molar-refractivity contribution in [3.63, 3.8) is 0 Å². The van der Waals surface area contributed by atoms with Crippen LogP contribution in [0, 0.1) is 11.7 Å². The maximum Gasteiger partial charge on any atom is 0.241 e. The second-order valence-corrected chi connectivity index (χ2v) is 9.88. The quantitative estimate of drug-likeness (QED) is 0.385. The number of nitrogens with zero attached hydrogens (tertiary/aromatic N) is 3. The number of thioether (sulfide) groups is 1. The van der Waals surface area contributed by atoms with E-state index in [4.69, 9.17) is 16.1 Å². The van der Waals surface area contributed by atoms with Gasteiger partial charge in [0.2, 0.25) is 17.6 Å². The van der Waals surface area contributed by atoms with Gasteiger partial charge in [-0.3, -0.25) is 9.69 Å². The zero-order valence-corrected chi connectivity index (χ0v) is 20.5. The van der Waals surface area contributed by atoms with E-state index >= 15 is 0 Å². The molecule has 0 unspecified atom stereocenters. The molecule has 1 aromatic heterocycles. The number of rotatable bonds is 10. The highest BCUT2D eigenvalue weighted by Gasteiger charge is 2.26. The van der Waals surface area contributed by atoms with E-state index in [1.807, 2.05) is 30.3 Å². The highest BCUT2D eigenvalue weighted by atomic mass is 35.5. The first-order valence-electron chi connectivity index (χ1n) is 11.5. The van der Waals surface area contributed by atoms with Crippen molar-refractivity contribution in [2.75, 3.05) is 25.4 Å². The van der Waals surface area contributed by atoms with Crippen LogP contribution in [0.4, 0.5) is 4.39 Å². The number of carbonyl (C=O) groups is 1. The predicted octanol–water partition coefficient (Wildman–Crippen LogP) is 5.18. The minimum absolute atomic E-state index is 0.0458. The average molecular weight is 503 g/mol. The Morgan fingerprint density at radius 3 is 2.71 bits per heavy atom. The predicted molar refractivity (Wildman–Crippen MR) is 133 cm³/mol. The summed E-state index contributed by atoms with van der Waals surface area (Å²) in [5.41, 5.74) is 1.87. The molecule has 9 heteroatoms. The van der Waals surface area contributed by atoms with E-state index in [2.05, 4.69) is 20.4 Å². The lowest BCUT2D eigenvalue weighted by Crippen LogP contribution is -2.40. The van der Waals surface area contributed by atoms with Gasteiger partial charge in [0.15, 0.2) is 0 Å². The maximum absolute atomic E-state index is 12.9. The van der Waals surface area contributed by atoms with Crippen molar-refractivity contribution in [1.29, 1.82) is 0 Å². The Balaban J connectivity index is 1.11. The van der Waals surface area contributed by atoms with Crippen LogP contribution in [0.25, 0.3) is 11.4 Å². The molecule has 0 radical (unpaired) electrons. The van der Waals surface area contributed by atoms with Crippen molar-refractivity contribution in [3.8, 4) is 11.4 Å². The number of benzene rings is 2. The fraction of sp³-hybridized carbons (Fsp3) is 0.400. The van der Waals surface area contributed by atoms with Crippen LogP contribution in [-0.4, -0.2) is 46.3 Å². The molecule has 3 aromatic rings. The van der Waals surface area contributed by atoms with E-state index in [0.29, 0.717) is 29.8 Å². The van der Waals surface area contributed by atoms with Crippen LogP contribution in [0.15, 0.2) is 53.1 Å². The molecule has 1 saturated heterocycles. The van der Waals surface area contributed by atoms with Gasteiger partial charge in [0.25, 0.3) is 0 Å². The first-order valence-corrected chi connectivity index (χ1v) is 13.0. The first kappa shape index (κ1) is 24.7. The molecule has 0 atom stereocenters. The SMILES string of the molecule is O=C(NCCCSCc1ccc(F)cc1)C1CCN(Cc2nc(-c3ccccc3Cl)no2)CC1. The smallest absolute Gasteiger partial charge is 0.241 e. The van der Waals surface area contributed by atoms with Crippen LogP contribution in [0.2, 0.25) is 5.02 Å². The Kier molecular flexibility index (Phi) is 8.96. The summed E-state index contributed by atoms with van der Waals surface area (Å²) in [6.07, 6.45) is 2.55. The van der Waals surface area contributed by atoms with E-state index in [0.717, 1.165) is 55.0 Å². The average Bonchev–Trinajstić information content (AvgIpc) is 3.31. The van der Waals surface area contributed by atoms with Gasteiger partial charge in [-0.1, -0.05) is 41.0 Å². The van der Waals surface area contributed by atoms with Gasteiger partial charge in [0.05, 0.1) is 11.6 Å². The lowest BCUT2D eigenvalue weighted by molar-refractivity contribution is -0.126. The van der Waals surface area contributed by atoms with Gasteiger partial charge >= 0.3 is 0 Å². The third-order valence-corrected chi connectivity index (χ3v) is 7.29. The molecule has 1 N–H and O–H groups in total. The molecule has 1 amide bonds. The topological polar surface area (TPSA) is 71.3 Å². The van der Waals surface area contributed by atoms with Crippen LogP contribution in [0.3, 0.4) is 0 Å². The largest absolute Gasteiger partial charge is 0.356 e. The number of carbonyl (C=O) groups excluding carboxylic acids is 1. The summed E-state index contributed by atoms with van der Waals surface area (Å²) >= 11 is 8.01. The van der Waals surface area contributed by atoms with Crippen molar-refractivity contribution in [2.45, 2.75) is 31.6 Å². The lowest BCUT2D eigenvalue weighted by Gasteiger charge is -2.30. The first-order chi connectivity index (χ1) is 16.6. The molecular formula is C25H28ClFN4O2S. The summed E-state index contributed by atoms with van der Waals surface area (Å²) in [5, 5.41) is 7.72. The molecule has 0 bridgehead atoms. The molecule has 1 fully saturated rings. The number of hydrogen-bond donors (Lipinski definition) is 1. The second-order valence-electron chi connectivity index (χ2n) is 8.37. The highest BCUT2D eigenvalue weighted by Crippen LogP contribution is 2.25. The second kappa shape index (κ2) is 12.3. The van der Waals surface area contributed by atoms with E-state index < -0.39 is 0 Å². The summed E-state index contributed by atoms with van der Waals surface area (Å²) in [5.74, 6) is 2.83. The number of likely N-dealkylation sites (tertiary alicyclic amines) is 1. The van der Waals surface area contributed by atoms with Gasteiger partial charge in [-0.2, -0.15) is 16.7 Å². The molecule has 1 aliphatic heterocycles. The van der Waals surface area contributed by atoms with E-state index in [1.54, 1.807) is 17.8 Å². The molecule has 1 aliphatic rings. The molecule has 180 valence electrons. The van der Waals surface area contributed by atoms with Gasteiger partial charge in [0, 0.05) is 23.8 Å². The van der Waals surface area contributed by atoms with Gasteiger partial charge in [-0.15, -0.1) is 0 Å². The van der Waals surface area contributed by atoms with Gasteiger partial charge < -0.3 is 9.84 Å². The van der Waals surface area contributed by atoms with E-state index in [1.165, 1.54) is 12.1 Å². The Bertz CT molecular complexity index is 1070. The summed E-state index contributed by atoms with van der Waals surface area (Å²) in [6, 6.07) is 14.0. The van der Waals surface area contributed by atoms with Crippen LogP contribution < -0.4 is 5.32 Å². The zero-order valence-electron chi connectivity index (χ0n) is 18.9. The summed E-state index contributed by atoms with van der Waals surface area (Å²) < 4.78 is 18.3. The number of aromatic nitrogens is 2. The highest BCUT2D eigenvalue weighted by molar-refractivity contribution is 7.98. The number of piperidine rings is 1. The molecule has 34 heavy (non-hydrogen) atoms. The standard InChI is InChI=1S/C25H28ClFN4O2S/c26-22-5-2-1-4-21(22)24-29-23(33-30-24)16-31-13-10-19(11-14-31)25(32)28-12-3-15-34-17-18-6-8-20(27)9-7-18/h1-2,4-9,19H,3,10-17H2,(H,28,32). The Morgan fingerprint density at radius 2 is 1.94 bits per heavy atom. The van der Waals surface area contributed by atoms with Crippen molar-refractivity contribution in [3.05, 3.63) is 70.8 Å². The number of halogens is 2. The number of amides is 1. The van der Waals surface area contributed by atoms with E-state index in [9.17, 15) is 9.18 Å². The van der Waals surface area contributed by atoms with Crippen LogP contribution in [-0.2, 0) is 17.1 Å². The fourth-order valence-electron chi connectivity index (χ4n) is 3.92. The molecule has 0 aliphatic carbocycles. The summed E-state index contributed by atoms with van der Waals surface area (Å²) in [7, 11) is 0. The van der Waals surface area contributed by atoms with E-state index in [-0.39, 0.29) is 17.6 Å². The summed E-state index contributed by atoms with van der Waals surface area (Å²) in [4.78, 5) is 19.2. The molecule has 0 saturated carbocycles. The summed E-state index contributed by atoms with van der Waals surface area (Å²) in [6.45, 7) is 2.88. The normalized spacial score (nSPS) is 14.9. The van der Waals surface area contributed by atoms with Crippen molar-refractivity contribution >= 4 is 29.3 Å². The molecule has 0 spiro atoms. The minimum atomic E-state index is -0.209. The molecule has 6 nitrogen and oxygen atoms in total. The van der Waals surface area contributed by atoms with Gasteiger partial charge in [-0.05, 0) is 67.9 Å². The van der Waals surface area contributed by atoms with Crippen LogP contribution in [0.1, 0.15) is 30.7 Å². The van der Waals surface area contributed by atoms with Crippen molar-refractivity contribution in [1.82, 2.24) is 20.4 Å². The zero-order chi connectivity index (χ0) is 23.8. The third-order valence-electron chi connectivity index (χ3n) is 5.85. The lowest BCUT2D eigenvalue weighted by atomic mass is 9.96. The van der Waals surface area contributed by atoms with Crippen molar-refractivity contribution in [2.24, 2.45) is 5.92 Å². The number of nitrogens with one attached hydrogen (secondary N) is 1. The monoisotopic (exact) mass is 502 g/mol. The number of hydrogen-bond acceptors (Lipinski definition) is 6. The maximum atomic E-state index is 12.9. The Labute approximate surface area is 208 Å². The minimum Gasteiger partial charge on any atom is -0.356 e. The third kappa shape index (κ3) is 7.04. The fourth-order valence-corrected chi connectivity index (χ4v) is 5.06.